The second-order valence-electron chi connectivity index (χ2n) is 18.2. The summed E-state index contributed by atoms with van der Waals surface area (Å²) >= 11 is 1.93. The Morgan fingerprint density at radius 1 is 0.419 bits per heavy atom. The predicted molar refractivity (Wildman–Crippen MR) is 268 cm³/mol. The Morgan fingerprint density at radius 2 is 0.855 bits per heavy atom. The van der Waals surface area contributed by atoms with Crippen LogP contribution >= 0.6 is 11.3 Å². The molecule has 10 aromatic rings. The SMILES string of the molecule is C=Nc1c(N=C(C)c2ccc3c(c2)C(C)(C)c2cc(-c4cccc5c4sc4c(-c6ccc7c(c6)C(C)(C)c6ccccc6-7)cccc45)ccc2-3)c2ccccc2c2ccccc12. The normalized spacial score (nSPS) is 14.6. The number of rotatable bonds is 5. The topological polar surface area (TPSA) is 24.7 Å². The van der Waals surface area contributed by atoms with Crippen LogP contribution in [0.3, 0.4) is 0 Å². The lowest BCUT2D eigenvalue weighted by atomic mass is 9.81. The molecule has 1 heterocycles. The van der Waals surface area contributed by atoms with Gasteiger partial charge in [0, 0.05) is 47.5 Å². The van der Waals surface area contributed by atoms with Gasteiger partial charge in [-0.2, -0.15) is 0 Å². The van der Waals surface area contributed by atoms with Gasteiger partial charge in [-0.05, 0) is 115 Å². The Bertz CT molecular complexity index is 3610. The highest BCUT2D eigenvalue weighted by atomic mass is 32.1. The average molecular weight is 813 g/mol. The van der Waals surface area contributed by atoms with Gasteiger partial charge in [0.25, 0.3) is 0 Å². The molecule has 2 aliphatic carbocycles. The zero-order chi connectivity index (χ0) is 42.1. The first kappa shape index (κ1) is 36.9. The van der Waals surface area contributed by atoms with Crippen LogP contribution in [0.2, 0.25) is 0 Å². The van der Waals surface area contributed by atoms with E-state index in [2.05, 4.69) is 210 Å². The second-order valence-corrected chi connectivity index (χ2v) is 19.2. The molecule has 2 nitrogen and oxygen atoms in total. The molecule has 296 valence electrons. The summed E-state index contributed by atoms with van der Waals surface area (Å²) < 4.78 is 2.68. The van der Waals surface area contributed by atoms with Crippen LogP contribution in [0, 0.1) is 0 Å². The van der Waals surface area contributed by atoms with Crippen LogP contribution in [0.4, 0.5) is 11.4 Å². The van der Waals surface area contributed by atoms with Crippen molar-refractivity contribution in [3.8, 4) is 44.5 Å². The van der Waals surface area contributed by atoms with E-state index in [1.54, 1.807) is 0 Å². The molecule has 0 fully saturated rings. The summed E-state index contributed by atoms with van der Waals surface area (Å²) in [5.41, 5.74) is 19.4. The Hall–Kier alpha value is -6.94. The fourth-order valence-corrected chi connectivity index (χ4v) is 12.3. The predicted octanol–water partition coefficient (Wildman–Crippen LogP) is 16.8. The van der Waals surface area contributed by atoms with Crippen molar-refractivity contribution in [3.63, 3.8) is 0 Å². The molecule has 1 aromatic heterocycles. The van der Waals surface area contributed by atoms with Crippen molar-refractivity contribution in [1.82, 2.24) is 0 Å². The molecular formula is C59H44N2S. The van der Waals surface area contributed by atoms with E-state index >= 15 is 0 Å². The molecule has 0 bridgehead atoms. The first-order valence-electron chi connectivity index (χ1n) is 21.6. The maximum Gasteiger partial charge on any atom is 0.0974 e. The molecule has 9 aromatic carbocycles. The number of fused-ring (bicyclic) bond motifs is 12. The Balaban J connectivity index is 0.929. The number of hydrogen-bond donors (Lipinski definition) is 0. The fraction of sp³-hybridized carbons (Fsp3) is 0.119. The highest BCUT2D eigenvalue weighted by molar-refractivity contribution is 7.26. The Kier molecular flexibility index (Phi) is 7.90. The van der Waals surface area contributed by atoms with Crippen molar-refractivity contribution in [2.75, 3.05) is 0 Å². The molecule has 0 N–H and O–H groups in total. The Labute approximate surface area is 366 Å². The van der Waals surface area contributed by atoms with E-state index in [1.165, 1.54) is 92.3 Å². The summed E-state index contributed by atoms with van der Waals surface area (Å²) in [5.74, 6) is 0. The molecular weight excluding hydrogens is 769 g/mol. The molecule has 0 aliphatic heterocycles. The number of thiophene rings is 1. The van der Waals surface area contributed by atoms with Gasteiger partial charge in [0.2, 0.25) is 0 Å². The third kappa shape index (κ3) is 5.15. The van der Waals surface area contributed by atoms with E-state index in [1.807, 2.05) is 11.3 Å². The van der Waals surface area contributed by atoms with Crippen LogP contribution in [-0.4, -0.2) is 12.4 Å². The maximum absolute atomic E-state index is 5.34. The molecule has 0 unspecified atom stereocenters. The zero-order valence-electron chi connectivity index (χ0n) is 35.6. The lowest BCUT2D eigenvalue weighted by Gasteiger charge is -2.22. The van der Waals surface area contributed by atoms with Crippen LogP contribution in [0.25, 0.3) is 86.2 Å². The summed E-state index contributed by atoms with van der Waals surface area (Å²) in [6.07, 6.45) is 0. The van der Waals surface area contributed by atoms with Gasteiger partial charge >= 0.3 is 0 Å². The van der Waals surface area contributed by atoms with Crippen molar-refractivity contribution in [1.29, 1.82) is 0 Å². The summed E-state index contributed by atoms with van der Waals surface area (Å²) in [4.78, 5) is 9.89. The van der Waals surface area contributed by atoms with E-state index in [-0.39, 0.29) is 10.8 Å². The summed E-state index contributed by atoms with van der Waals surface area (Å²) in [6, 6.07) is 60.7. The molecule has 3 heteroatoms. The first-order valence-corrected chi connectivity index (χ1v) is 22.4. The molecule has 2 aliphatic rings. The smallest absolute Gasteiger partial charge is 0.0974 e. The molecule has 12 rings (SSSR count). The van der Waals surface area contributed by atoms with E-state index in [9.17, 15) is 0 Å². The van der Waals surface area contributed by atoms with Gasteiger partial charge in [0.1, 0.15) is 0 Å². The first-order chi connectivity index (χ1) is 30.1. The van der Waals surface area contributed by atoms with Crippen molar-refractivity contribution in [2.45, 2.75) is 45.4 Å². The largest absolute Gasteiger partial charge is 0.262 e. The van der Waals surface area contributed by atoms with E-state index in [0.29, 0.717) is 0 Å². The van der Waals surface area contributed by atoms with Crippen molar-refractivity contribution in [3.05, 3.63) is 192 Å². The molecule has 0 amide bonds. The zero-order valence-corrected chi connectivity index (χ0v) is 36.4. The third-order valence-electron chi connectivity index (χ3n) is 14.1. The minimum Gasteiger partial charge on any atom is -0.262 e. The van der Waals surface area contributed by atoms with Gasteiger partial charge in [-0.15, -0.1) is 11.3 Å². The average Bonchev–Trinajstić information content (AvgIpc) is 3.88. The van der Waals surface area contributed by atoms with Crippen LogP contribution in [-0.2, 0) is 10.8 Å². The molecule has 62 heavy (non-hydrogen) atoms. The molecule has 0 spiro atoms. The molecule has 0 saturated heterocycles. The molecule has 0 radical (unpaired) electrons. The van der Waals surface area contributed by atoms with Gasteiger partial charge < -0.3 is 0 Å². The summed E-state index contributed by atoms with van der Waals surface area (Å²) in [5, 5.41) is 7.12. The lowest BCUT2D eigenvalue weighted by molar-refractivity contribution is 0.660. The van der Waals surface area contributed by atoms with Crippen LogP contribution in [0.5, 0.6) is 0 Å². The third-order valence-corrected chi connectivity index (χ3v) is 15.4. The van der Waals surface area contributed by atoms with Gasteiger partial charge in [-0.25, -0.2) is 0 Å². The monoisotopic (exact) mass is 812 g/mol. The van der Waals surface area contributed by atoms with E-state index < -0.39 is 0 Å². The second kappa shape index (κ2) is 13.3. The van der Waals surface area contributed by atoms with Gasteiger partial charge in [0.05, 0.1) is 11.4 Å². The molecule has 0 atom stereocenters. The van der Waals surface area contributed by atoms with Gasteiger partial charge in [0.15, 0.2) is 0 Å². The van der Waals surface area contributed by atoms with Crippen molar-refractivity contribution < 1.29 is 0 Å². The standard InChI is InChI=1S/C59H44N2S/c1-34(61-55-47-19-10-8-16-41(47)40-15-7-9-18-46(40)54(55)60-6)35-25-28-44-45-30-27-37(33-53(45)59(4,5)51(44)31-35)39-21-14-23-49-48-22-13-20-38(56(48)62-57(39)49)36-26-29-43-42-17-11-12-24-50(42)58(2,3)52(43)32-36/h7-33H,6H2,1-5H3. The number of aliphatic imine (C=N–C) groups is 2. The van der Waals surface area contributed by atoms with E-state index in [4.69, 9.17) is 4.99 Å². The Morgan fingerprint density at radius 3 is 1.44 bits per heavy atom. The van der Waals surface area contributed by atoms with Gasteiger partial charge in [-0.1, -0.05) is 173 Å². The van der Waals surface area contributed by atoms with Crippen molar-refractivity contribution in [2.24, 2.45) is 9.98 Å². The maximum atomic E-state index is 5.34. The molecule has 0 saturated carbocycles. The summed E-state index contributed by atoms with van der Waals surface area (Å²) in [6.45, 7) is 15.6. The minimum atomic E-state index is -0.206. The van der Waals surface area contributed by atoms with Crippen LogP contribution in [0.15, 0.2) is 174 Å². The number of benzene rings is 9. The van der Waals surface area contributed by atoms with E-state index in [0.717, 1.165) is 38.8 Å². The summed E-state index contributed by atoms with van der Waals surface area (Å²) in [7, 11) is 0. The highest BCUT2D eigenvalue weighted by Gasteiger charge is 2.37. The van der Waals surface area contributed by atoms with Crippen LogP contribution < -0.4 is 0 Å². The quantitative estimate of drug-likeness (QED) is 0.122. The number of nitrogens with zero attached hydrogens (tertiary/aromatic N) is 2. The minimum absolute atomic E-state index is 0.0431. The number of hydrogen-bond acceptors (Lipinski definition) is 3. The van der Waals surface area contributed by atoms with Crippen LogP contribution in [0.1, 0.15) is 62.4 Å². The lowest BCUT2D eigenvalue weighted by Crippen LogP contribution is -2.15. The highest BCUT2D eigenvalue weighted by Crippen LogP contribution is 2.53. The van der Waals surface area contributed by atoms with Gasteiger partial charge in [-0.3, -0.25) is 9.98 Å². The fourth-order valence-electron chi connectivity index (χ4n) is 10.9. The van der Waals surface area contributed by atoms with Crippen molar-refractivity contribution >= 4 is 76.9 Å².